The second-order valence-electron chi connectivity index (χ2n) is 6.22. The zero-order chi connectivity index (χ0) is 17.6. The quantitative estimate of drug-likeness (QED) is 0.715. The average molecular weight is 338 g/mol. The molecule has 0 saturated carbocycles. The van der Waals surface area contributed by atoms with E-state index < -0.39 is 0 Å². The second kappa shape index (κ2) is 7.83. The van der Waals surface area contributed by atoms with E-state index in [0.717, 1.165) is 22.8 Å². The van der Waals surface area contributed by atoms with Crippen LogP contribution in [0.15, 0.2) is 57.7 Å². The molecule has 0 bridgehead atoms. The standard InChI is InChI=1S/C20H22N2O3/c1-14-5-7-16(8-6-14)19(13-18-4-3-11-24-18)20(23)21-10-9-17-12-15(2)25-22-17/h3-8,11-12,19H,9-10,13H2,1-2H3,(H,21,23). The second-order valence-corrected chi connectivity index (χ2v) is 6.22. The van der Waals surface area contributed by atoms with Crippen LogP contribution < -0.4 is 5.32 Å². The predicted octanol–water partition coefficient (Wildman–Crippen LogP) is 3.57. The van der Waals surface area contributed by atoms with Gasteiger partial charge in [-0.25, -0.2) is 0 Å². The summed E-state index contributed by atoms with van der Waals surface area (Å²) in [5.41, 5.74) is 3.00. The highest BCUT2D eigenvalue weighted by Gasteiger charge is 2.22. The molecule has 1 amide bonds. The molecule has 25 heavy (non-hydrogen) atoms. The van der Waals surface area contributed by atoms with Crippen molar-refractivity contribution in [3.05, 3.63) is 77.1 Å². The van der Waals surface area contributed by atoms with Crippen LogP contribution in [-0.2, 0) is 17.6 Å². The Morgan fingerprint density at radius 2 is 2.00 bits per heavy atom. The molecule has 3 aromatic rings. The molecule has 0 saturated heterocycles. The fourth-order valence-corrected chi connectivity index (χ4v) is 2.76. The van der Waals surface area contributed by atoms with Gasteiger partial charge in [0.1, 0.15) is 11.5 Å². The molecule has 5 nitrogen and oxygen atoms in total. The molecule has 2 heterocycles. The number of aryl methyl sites for hydroxylation is 2. The van der Waals surface area contributed by atoms with Crippen LogP contribution in [0.5, 0.6) is 0 Å². The Morgan fingerprint density at radius 1 is 1.20 bits per heavy atom. The molecule has 0 aliphatic heterocycles. The van der Waals surface area contributed by atoms with Gasteiger partial charge in [-0.05, 0) is 31.5 Å². The number of carbonyl (C=O) groups is 1. The Morgan fingerprint density at radius 3 is 2.64 bits per heavy atom. The lowest BCUT2D eigenvalue weighted by Gasteiger charge is -2.16. The minimum absolute atomic E-state index is 0.0135. The van der Waals surface area contributed by atoms with Crippen molar-refractivity contribution in [2.45, 2.75) is 32.6 Å². The number of hydrogen-bond acceptors (Lipinski definition) is 4. The van der Waals surface area contributed by atoms with Crippen LogP contribution in [0.2, 0.25) is 0 Å². The predicted molar refractivity (Wildman–Crippen MR) is 94.3 cm³/mol. The van der Waals surface area contributed by atoms with E-state index in [9.17, 15) is 4.79 Å². The molecular formula is C20H22N2O3. The number of nitrogens with zero attached hydrogens (tertiary/aromatic N) is 1. The van der Waals surface area contributed by atoms with Crippen molar-refractivity contribution in [1.82, 2.24) is 10.5 Å². The van der Waals surface area contributed by atoms with Crippen molar-refractivity contribution in [3.63, 3.8) is 0 Å². The number of nitrogens with one attached hydrogen (secondary N) is 1. The fraction of sp³-hybridized carbons (Fsp3) is 0.300. The fourth-order valence-electron chi connectivity index (χ4n) is 2.76. The number of carbonyl (C=O) groups excluding carboxylic acids is 1. The number of rotatable bonds is 7. The topological polar surface area (TPSA) is 68.3 Å². The molecular weight excluding hydrogens is 316 g/mol. The maximum absolute atomic E-state index is 12.8. The van der Waals surface area contributed by atoms with Crippen LogP contribution in [0.4, 0.5) is 0 Å². The monoisotopic (exact) mass is 338 g/mol. The smallest absolute Gasteiger partial charge is 0.228 e. The van der Waals surface area contributed by atoms with Gasteiger partial charge in [0.25, 0.3) is 0 Å². The largest absolute Gasteiger partial charge is 0.469 e. The van der Waals surface area contributed by atoms with Gasteiger partial charge < -0.3 is 14.3 Å². The summed E-state index contributed by atoms with van der Waals surface area (Å²) in [7, 11) is 0. The summed E-state index contributed by atoms with van der Waals surface area (Å²) in [4.78, 5) is 12.8. The SMILES string of the molecule is Cc1ccc(C(Cc2ccco2)C(=O)NCCc2cc(C)on2)cc1. The Hall–Kier alpha value is -2.82. The van der Waals surface area contributed by atoms with E-state index in [0.29, 0.717) is 19.4 Å². The third-order valence-electron chi connectivity index (χ3n) is 4.14. The molecule has 0 spiro atoms. The van der Waals surface area contributed by atoms with Crippen LogP contribution in [0.3, 0.4) is 0 Å². The highest BCUT2D eigenvalue weighted by molar-refractivity contribution is 5.83. The van der Waals surface area contributed by atoms with Crippen LogP contribution in [0.25, 0.3) is 0 Å². The molecule has 1 unspecified atom stereocenters. The molecule has 0 fully saturated rings. The number of hydrogen-bond donors (Lipinski definition) is 1. The number of amides is 1. The van der Waals surface area contributed by atoms with E-state index >= 15 is 0 Å². The number of furan rings is 1. The number of benzene rings is 1. The van der Waals surface area contributed by atoms with Gasteiger partial charge in [-0.2, -0.15) is 0 Å². The van der Waals surface area contributed by atoms with Crippen molar-refractivity contribution in [1.29, 1.82) is 0 Å². The molecule has 3 rings (SSSR count). The van der Waals surface area contributed by atoms with Gasteiger partial charge in [-0.1, -0.05) is 35.0 Å². The van der Waals surface area contributed by atoms with E-state index in [-0.39, 0.29) is 11.8 Å². The van der Waals surface area contributed by atoms with Crippen LogP contribution in [-0.4, -0.2) is 17.6 Å². The molecule has 1 atom stereocenters. The molecule has 130 valence electrons. The van der Waals surface area contributed by atoms with Gasteiger partial charge in [-0.15, -0.1) is 0 Å². The summed E-state index contributed by atoms with van der Waals surface area (Å²) in [6, 6.07) is 13.7. The Balaban J connectivity index is 1.66. The Labute approximate surface area is 147 Å². The van der Waals surface area contributed by atoms with E-state index in [4.69, 9.17) is 8.94 Å². The Bertz CT molecular complexity index is 804. The minimum atomic E-state index is -0.286. The molecule has 0 radical (unpaired) electrons. The van der Waals surface area contributed by atoms with Crippen molar-refractivity contribution >= 4 is 5.91 Å². The first-order chi connectivity index (χ1) is 12.1. The zero-order valence-electron chi connectivity index (χ0n) is 14.5. The zero-order valence-corrected chi connectivity index (χ0v) is 14.5. The first-order valence-corrected chi connectivity index (χ1v) is 8.40. The van der Waals surface area contributed by atoms with Crippen LogP contribution in [0, 0.1) is 13.8 Å². The highest BCUT2D eigenvalue weighted by Crippen LogP contribution is 2.22. The summed E-state index contributed by atoms with van der Waals surface area (Å²) in [5.74, 6) is 1.27. The lowest BCUT2D eigenvalue weighted by Crippen LogP contribution is -2.32. The van der Waals surface area contributed by atoms with Crippen molar-refractivity contribution < 1.29 is 13.7 Å². The van der Waals surface area contributed by atoms with Gasteiger partial charge in [0.05, 0.1) is 17.9 Å². The van der Waals surface area contributed by atoms with E-state index in [1.807, 2.05) is 56.3 Å². The van der Waals surface area contributed by atoms with Gasteiger partial charge >= 0.3 is 0 Å². The normalized spacial score (nSPS) is 12.1. The third kappa shape index (κ3) is 4.59. The third-order valence-corrected chi connectivity index (χ3v) is 4.14. The molecule has 2 aromatic heterocycles. The number of aromatic nitrogens is 1. The summed E-state index contributed by atoms with van der Waals surface area (Å²) in [5, 5.41) is 6.95. The molecule has 0 aliphatic rings. The van der Waals surface area contributed by atoms with E-state index in [1.54, 1.807) is 6.26 Å². The summed E-state index contributed by atoms with van der Waals surface area (Å²) >= 11 is 0. The summed E-state index contributed by atoms with van der Waals surface area (Å²) in [6.07, 6.45) is 2.81. The summed E-state index contributed by atoms with van der Waals surface area (Å²) in [6.45, 7) is 4.41. The van der Waals surface area contributed by atoms with Gasteiger partial charge in [0.15, 0.2) is 0 Å². The van der Waals surface area contributed by atoms with Crippen molar-refractivity contribution in [2.75, 3.05) is 6.54 Å². The van der Waals surface area contributed by atoms with Crippen molar-refractivity contribution in [2.24, 2.45) is 0 Å². The first kappa shape index (κ1) is 17.0. The van der Waals surface area contributed by atoms with Gasteiger partial charge in [0, 0.05) is 25.5 Å². The van der Waals surface area contributed by atoms with E-state index in [1.165, 1.54) is 5.56 Å². The maximum atomic E-state index is 12.8. The first-order valence-electron chi connectivity index (χ1n) is 8.40. The Kier molecular flexibility index (Phi) is 5.33. The average Bonchev–Trinajstić information content (AvgIpc) is 3.25. The van der Waals surface area contributed by atoms with Crippen molar-refractivity contribution in [3.8, 4) is 0 Å². The van der Waals surface area contributed by atoms with E-state index in [2.05, 4.69) is 10.5 Å². The van der Waals surface area contributed by atoms with Gasteiger partial charge in [0.2, 0.25) is 5.91 Å². The highest BCUT2D eigenvalue weighted by atomic mass is 16.5. The molecule has 1 N–H and O–H groups in total. The van der Waals surface area contributed by atoms with Crippen LogP contribution >= 0.6 is 0 Å². The molecule has 1 aromatic carbocycles. The molecule has 5 heteroatoms. The minimum Gasteiger partial charge on any atom is -0.469 e. The lowest BCUT2D eigenvalue weighted by atomic mass is 9.93. The molecule has 0 aliphatic carbocycles. The van der Waals surface area contributed by atoms with Gasteiger partial charge in [-0.3, -0.25) is 4.79 Å². The summed E-state index contributed by atoms with van der Waals surface area (Å²) < 4.78 is 10.5. The lowest BCUT2D eigenvalue weighted by molar-refractivity contribution is -0.122. The van der Waals surface area contributed by atoms with Crippen LogP contribution in [0.1, 0.15) is 34.3 Å². The maximum Gasteiger partial charge on any atom is 0.228 e.